The van der Waals surface area contributed by atoms with E-state index >= 15 is 0 Å². The molecule has 1 aliphatic heterocycles. The van der Waals surface area contributed by atoms with Gasteiger partial charge in [0, 0.05) is 36.8 Å². The Morgan fingerprint density at radius 3 is 2.55 bits per heavy atom. The number of amides is 1. The minimum Gasteiger partial charge on any atom is -0.472 e. The van der Waals surface area contributed by atoms with Gasteiger partial charge in [-0.05, 0) is 49.0 Å². The fraction of sp³-hybridized carbons (Fsp3) is 0.680. The SMILES string of the molecule is CC(=O)O[C@H]1C[C@@H](C(=O)NC2CC2)[C@]2(C)CC[C@H]3C(=O)O[C@H](c4ccoc4)C[C@]3(C)[C@H]2C1=O. The van der Waals surface area contributed by atoms with Crippen LogP contribution in [0.15, 0.2) is 23.0 Å². The van der Waals surface area contributed by atoms with Gasteiger partial charge in [-0.15, -0.1) is 0 Å². The molecule has 2 heterocycles. The number of furan rings is 1. The van der Waals surface area contributed by atoms with Crippen LogP contribution in [0.5, 0.6) is 0 Å². The molecule has 0 aromatic carbocycles. The van der Waals surface area contributed by atoms with Crippen molar-refractivity contribution in [3.63, 3.8) is 0 Å². The molecule has 33 heavy (non-hydrogen) atoms. The third-order valence-corrected chi connectivity index (χ3v) is 8.57. The molecule has 0 spiro atoms. The minimum atomic E-state index is -0.989. The normalized spacial score (nSPS) is 40.3. The molecule has 8 nitrogen and oxygen atoms in total. The van der Waals surface area contributed by atoms with Gasteiger partial charge in [-0.3, -0.25) is 19.2 Å². The summed E-state index contributed by atoms with van der Waals surface area (Å²) in [5, 5.41) is 3.10. The highest BCUT2D eigenvalue weighted by molar-refractivity contribution is 5.94. The van der Waals surface area contributed by atoms with Crippen molar-refractivity contribution in [1.82, 2.24) is 5.32 Å². The van der Waals surface area contributed by atoms with Gasteiger partial charge in [-0.1, -0.05) is 13.8 Å². The molecule has 1 amide bonds. The largest absolute Gasteiger partial charge is 0.472 e. The Morgan fingerprint density at radius 2 is 1.91 bits per heavy atom. The second-order valence-corrected chi connectivity index (χ2v) is 10.8. The number of cyclic esters (lactones) is 1. The molecule has 1 saturated heterocycles. The number of carbonyl (C=O) groups excluding carboxylic acids is 4. The molecular weight excluding hydrogens is 426 g/mol. The summed E-state index contributed by atoms with van der Waals surface area (Å²) in [5.41, 5.74) is -0.632. The zero-order valence-electron chi connectivity index (χ0n) is 19.3. The van der Waals surface area contributed by atoms with E-state index in [1.807, 2.05) is 13.8 Å². The van der Waals surface area contributed by atoms with Crippen LogP contribution in [0, 0.1) is 28.6 Å². The highest BCUT2D eigenvalue weighted by atomic mass is 16.6. The zero-order valence-corrected chi connectivity index (χ0v) is 19.3. The summed E-state index contributed by atoms with van der Waals surface area (Å²) in [7, 11) is 0. The topological polar surface area (TPSA) is 112 Å². The maximum absolute atomic E-state index is 13.9. The van der Waals surface area contributed by atoms with Crippen LogP contribution in [0.25, 0.3) is 0 Å². The van der Waals surface area contributed by atoms with Crippen molar-refractivity contribution in [1.29, 1.82) is 0 Å². The van der Waals surface area contributed by atoms with Crippen LogP contribution in [-0.4, -0.2) is 35.8 Å². The quantitative estimate of drug-likeness (QED) is 0.692. The smallest absolute Gasteiger partial charge is 0.310 e. The van der Waals surface area contributed by atoms with Gasteiger partial charge in [-0.2, -0.15) is 0 Å². The molecule has 3 saturated carbocycles. The molecule has 1 aromatic rings. The van der Waals surface area contributed by atoms with E-state index in [1.165, 1.54) is 13.2 Å². The van der Waals surface area contributed by atoms with Crippen molar-refractivity contribution in [2.75, 3.05) is 0 Å². The summed E-state index contributed by atoms with van der Waals surface area (Å²) in [6, 6.07) is 1.95. The third-order valence-electron chi connectivity index (χ3n) is 8.57. The first-order valence-electron chi connectivity index (χ1n) is 11.9. The van der Waals surface area contributed by atoms with E-state index in [-0.39, 0.29) is 30.1 Å². The monoisotopic (exact) mass is 457 g/mol. The van der Waals surface area contributed by atoms with E-state index in [1.54, 1.807) is 12.3 Å². The molecule has 8 heteroatoms. The maximum atomic E-state index is 13.9. The van der Waals surface area contributed by atoms with Crippen LogP contribution in [0.1, 0.15) is 71.0 Å². The number of carbonyl (C=O) groups is 4. The first-order valence-corrected chi connectivity index (χ1v) is 11.9. The van der Waals surface area contributed by atoms with Gasteiger partial charge in [0.15, 0.2) is 11.9 Å². The molecule has 4 fully saturated rings. The van der Waals surface area contributed by atoms with Gasteiger partial charge < -0.3 is 19.2 Å². The lowest BCUT2D eigenvalue weighted by molar-refractivity contribution is -0.207. The van der Waals surface area contributed by atoms with Gasteiger partial charge in [0.05, 0.1) is 18.4 Å². The Kier molecular flexibility index (Phi) is 5.18. The predicted octanol–water partition coefficient (Wildman–Crippen LogP) is 3.11. The number of nitrogens with one attached hydrogen (secondary N) is 1. The van der Waals surface area contributed by atoms with Crippen LogP contribution < -0.4 is 5.32 Å². The first-order chi connectivity index (χ1) is 15.6. The molecule has 5 rings (SSSR count). The van der Waals surface area contributed by atoms with Crippen molar-refractivity contribution in [3.8, 4) is 0 Å². The van der Waals surface area contributed by atoms with Crippen molar-refractivity contribution in [2.45, 2.75) is 77.5 Å². The minimum absolute atomic E-state index is 0.0820. The Morgan fingerprint density at radius 1 is 1.15 bits per heavy atom. The summed E-state index contributed by atoms with van der Waals surface area (Å²) in [6.45, 7) is 5.25. The number of ether oxygens (including phenoxy) is 2. The Bertz CT molecular complexity index is 983. The summed E-state index contributed by atoms with van der Waals surface area (Å²) in [5.74, 6) is -2.68. The van der Waals surface area contributed by atoms with Crippen molar-refractivity contribution >= 4 is 23.6 Å². The number of rotatable bonds is 4. The van der Waals surface area contributed by atoms with Gasteiger partial charge in [0.2, 0.25) is 5.91 Å². The molecule has 4 aliphatic rings. The van der Waals surface area contributed by atoms with Gasteiger partial charge in [-0.25, -0.2) is 0 Å². The second-order valence-electron chi connectivity index (χ2n) is 10.8. The van der Waals surface area contributed by atoms with E-state index in [4.69, 9.17) is 13.9 Å². The number of esters is 2. The van der Waals surface area contributed by atoms with E-state index in [0.29, 0.717) is 19.3 Å². The van der Waals surface area contributed by atoms with Gasteiger partial charge in [0.25, 0.3) is 0 Å². The van der Waals surface area contributed by atoms with Crippen LogP contribution in [0.2, 0.25) is 0 Å². The zero-order chi connectivity index (χ0) is 23.5. The summed E-state index contributed by atoms with van der Waals surface area (Å²) in [6.07, 6.45) is 5.23. The molecule has 3 aliphatic carbocycles. The van der Waals surface area contributed by atoms with Crippen LogP contribution in [0.3, 0.4) is 0 Å². The van der Waals surface area contributed by atoms with E-state index < -0.39 is 46.8 Å². The fourth-order valence-corrected chi connectivity index (χ4v) is 6.89. The van der Waals surface area contributed by atoms with Crippen LogP contribution >= 0.6 is 0 Å². The molecular formula is C25H31NO7. The molecule has 0 radical (unpaired) electrons. The average Bonchev–Trinajstić information content (AvgIpc) is 3.36. The predicted molar refractivity (Wildman–Crippen MR) is 114 cm³/mol. The van der Waals surface area contributed by atoms with Crippen molar-refractivity contribution in [3.05, 3.63) is 24.2 Å². The Labute approximate surface area is 192 Å². The summed E-state index contributed by atoms with van der Waals surface area (Å²) < 4.78 is 16.4. The maximum Gasteiger partial charge on any atom is 0.310 e. The number of Topliss-reactive ketones (excluding diaryl/α,β-unsaturated/α-hetero) is 1. The highest BCUT2D eigenvalue weighted by Gasteiger charge is 2.67. The number of hydrogen-bond donors (Lipinski definition) is 1. The summed E-state index contributed by atoms with van der Waals surface area (Å²) >= 11 is 0. The lowest BCUT2D eigenvalue weighted by atomic mass is 9.43. The molecule has 7 atom stereocenters. The number of ketones is 1. The average molecular weight is 458 g/mol. The Balaban J connectivity index is 1.55. The molecule has 1 aromatic heterocycles. The van der Waals surface area contributed by atoms with Crippen molar-refractivity contribution < 1.29 is 33.1 Å². The second kappa shape index (κ2) is 7.71. The molecule has 0 bridgehead atoms. The lowest BCUT2D eigenvalue weighted by Gasteiger charge is -2.61. The fourth-order valence-electron chi connectivity index (χ4n) is 6.89. The van der Waals surface area contributed by atoms with Crippen LogP contribution in [0.4, 0.5) is 0 Å². The van der Waals surface area contributed by atoms with E-state index in [0.717, 1.165) is 18.4 Å². The van der Waals surface area contributed by atoms with Crippen LogP contribution in [-0.2, 0) is 28.7 Å². The molecule has 1 N–H and O–H groups in total. The molecule has 178 valence electrons. The number of fused-ring (bicyclic) bond motifs is 3. The standard InChI is InChI=1S/C25H31NO7/c1-13(27)32-18-10-17(22(29)26-15-4-5-15)24(2)8-6-16-23(30)33-19(14-7-9-31-12-14)11-25(16,3)21(24)20(18)28/h7,9,12,15-19,21H,4-6,8,10-11H2,1-3H3,(H,26,29)/t16-,17-,18-,19-,21-,24-,25-/m0/s1. The van der Waals surface area contributed by atoms with Gasteiger partial charge >= 0.3 is 11.9 Å². The first kappa shape index (κ1) is 22.2. The van der Waals surface area contributed by atoms with Crippen molar-refractivity contribution in [2.24, 2.45) is 28.6 Å². The molecule has 0 unspecified atom stereocenters. The van der Waals surface area contributed by atoms with Gasteiger partial charge in [0.1, 0.15) is 6.10 Å². The summed E-state index contributed by atoms with van der Waals surface area (Å²) in [4.78, 5) is 52.2. The third kappa shape index (κ3) is 3.58. The Hall–Kier alpha value is -2.64. The number of hydrogen-bond acceptors (Lipinski definition) is 7. The van der Waals surface area contributed by atoms with E-state index in [2.05, 4.69) is 5.32 Å². The highest BCUT2D eigenvalue weighted by Crippen LogP contribution is 2.65. The van der Waals surface area contributed by atoms with E-state index in [9.17, 15) is 19.2 Å². The lowest BCUT2D eigenvalue weighted by Crippen LogP contribution is -2.65.